The van der Waals surface area contributed by atoms with Crippen LogP contribution in [0.3, 0.4) is 0 Å². The van der Waals surface area contributed by atoms with Crippen LogP contribution in [0.2, 0.25) is 0 Å². The van der Waals surface area contributed by atoms with Crippen molar-refractivity contribution in [3.05, 3.63) is 47.0 Å². The van der Waals surface area contributed by atoms with E-state index in [4.69, 9.17) is 9.72 Å². The number of pyridine rings is 1. The first-order valence-electron chi connectivity index (χ1n) is 13.5. The minimum absolute atomic E-state index is 0.0369. The lowest BCUT2D eigenvalue weighted by Crippen LogP contribution is -2.50. The summed E-state index contributed by atoms with van der Waals surface area (Å²) in [6.07, 6.45) is 10.2. The predicted molar refractivity (Wildman–Crippen MR) is 140 cm³/mol. The van der Waals surface area contributed by atoms with E-state index >= 15 is 0 Å². The molecular formula is C28H40N6O2. The number of nitrogens with one attached hydrogen (secondary N) is 1. The molecule has 0 spiro atoms. The lowest BCUT2D eigenvalue weighted by atomic mass is 9.79. The zero-order valence-electron chi connectivity index (χ0n) is 22.1. The summed E-state index contributed by atoms with van der Waals surface area (Å²) in [5.41, 5.74) is 4.30. The number of piperidine rings is 1. The smallest absolute Gasteiger partial charge is 0.227 e. The Bertz CT molecular complexity index is 1050. The fourth-order valence-electron chi connectivity index (χ4n) is 6.15. The minimum Gasteiger partial charge on any atom is -0.381 e. The molecule has 0 bridgehead atoms. The van der Waals surface area contributed by atoms with Crippen molar-refractivity contribution < 1.29 is 9.53 Å². The van der Waals surface area contributed by atoms with Crippen LogP contribution in [-0.2, 0) is 22.5 Å². The molecule has 194 valence electrons. The molecule has 1 saturated carbocycles. The molecule has 2 aromatic rings. The zero-order valence-corrected chi connectivity index (χ0v) is 22.1. The number of hydrogen-bond donors (Lipinski definition) is 1. The van der Waals surface area contributed by atoms with E-state index in [1.807, 2.05) is 19.3 Å². The summed E-state index contributed by atoms with van der Waals surface area (Å²) in [4.78, 5) is 32.4. The lowest BCUT2D eigenvalue weighted by Gasteiger charge is -2.41. The van der Waals surface area contributed by atoms with Crippen molar-refractivity contribution in [2.75, 3.05) is 32.6 Å². The third kappa shape index (κ3) is 5.39. The van der Waals surface area contributed by atoms with Gasteiger partial charge in [-0.15, -0.1) is 0 Å². The van der Waals surface area contributed by atoms with Gasteiger partial charge in [0.15, 0.2) is 0 Å². The topological polar surface area (TPSA) is 83.5 Å². The van der Waals surface area contributed by atoms with Gasteiger partial charge in [0.05, 0.1) is 18.3 Å². The molecule has 5 rings (SSSR count). The van der Waals surface area contributed by atoms with Crippen molar-refractivity contribution in [3.63, 3.8) is 0 Å². The Kier molecular flexibility index (Phi) is 7.53. The third-order valence-corrected chi connectivity index (χ3v) is 8.44. The molecule has 1 N–H and O–H groups in total. The maximum Gasteiger partial charge on any atom is 0.227 e. The SMILES string of the molecule is COC1CCC(Nc2ncc3c(n2)CN(C(=O)[C@@H]2CCN(C)C[C@H]2c2ccc(C)nc2)[C@H](C)C3)CC1. The number of hydrogen-bond acceptors (Lipinski definition) is 7. The zero-order chi connectivity index (χ0) is 25.2. The van der Waals surface area contributed by atoms with Crippen molar-refractivity contribution in [1.29, 1.82) is 0 Å². The number of rotatable bonds is 5. The molecule has 0 aromatic carbocycles. The van der Waals surface area contributed by atoms with E-state index in [1.165, 1.54) is 0 Å². The lowest BCUT2D eigenvalue weighted by molar-refractivity contribution is -0.141. The van der Waals surface area contributed by atoms with E-state index in [9.17, 15) is 4.79 Å². The largest absolute Gasteiger partial charge is 0.381 e. The quantitative estimate of drug-likeness (QED) is 0.683. The molecule has 8 nitrogen and oxygen atoms in total. The number of anilines is 1. The van der Waals surface area contributed by atoms with Crippen molar-refractivity contribution in [3.8, 4) is 0 Å². The van der Waals surface area contributed by atoms with Crippen LogP contribution in [0.4, 0.5) is 5.95 Å². The monoisotopic (exact) mass is 492 g/mol. The van der Waals surface area contributed by atoms with Crippen LogP contribution in [0, 0.1) is 12.8 Å². The van der Waals surface area contributed by atoms with Gasteiger partial charge in [-0.05, 0) is 83.2 Å². The number of likely N-dealkylation sites (tertiary alicyclic amines) is 1. The molecule has 0 radical (unpaired) electrons. The second-order valence-corrected chi connectivity index (χ2v) is 11.0. The second kappa shape index (κ2) is 10.8. The molecule has 2 aromatic heterocycles. The number of nitrogens with zero attached hydrogens (tertiary/aromatic N) is 5. The molecule has 3 aliphatic rings. The maximum absolute atomic E-state index is 14.0. The summed E-state index contributed by atoms with van der Waals surface area (Å²) in [6.45, 7) is 6.52. The third-order valence-electron chi connectivity index (χ3n) is 8.44. The van der Waals surface area contributed by atoms with Crippen molar-refractivity contribution in [1.82, 2.24) is 24.8 Å². The maximum atomic E-state index is 14.0. The number of carbonyl (C=O) groups is 1. The van der Waals surface area contributed by atoms with Crippen LogP contribution in [0.25, 0.3) is 0 Å². The Morgan fingerprint density at radius 2 is 1.92 bits per heavy atom. The van der Waals surface area contributed by atoms with E-state index < -0.39 is 0 Å². The molecule has 4 heterocycles. The highest BCUT2D eigenvalue weighted by atomic mass is 16.5. The Hall–Kier alpha value is -2.58. The first-order valence-corrected chi connectivity index (χ1v) is 13.5. The van der Waals surface area contributed by atoms with Crippen LogP contribution in [-0.4, -0.2) is 76.1 Å². The Labute approximate surface area is 214 Å². The molecule has 2 aliphatic heterocycles. The summed E-state index contributed by atoms with van der Waals surface area (Å²) in [6, 6.07) is 4.71. The highest BCUT2D eigenvalue weighted by Crippen LogP contribution is 2.35. The molecular weight excluding hydrogens is 452 g/mol. The van der Waals surface area contributed by atoms with Gasteiger partial charge >= 0.3 is 0 Å². The standard InChI is InChI=1S/C28H40N6O2/c1-18-5-6-20(14-29-18)25-16-33(3)12-11-24(25)27(35)34-17-26-21(13-19(34)2)15-30-28(32-26)31-22-7-9-23(36-4)10-8-22/h5-6,14-15,19,22-25H,7-13,16-17H2,1-4H3,(H,30,31,32)/t19-,22?,23?,24-,25+/m1/s1. The number of likely N-dealkylation sites (N-methyl/N-ethyl adjacent to an activating group) is 1. The van der Waals surface area contributed by atoms with Crippen molar-refractivity contribution >= 4 is 11.9 Å². The number of methoxy groups -OCH3 is 1. The Morgan fingerprint density at radius 1 is 1.11 bits per heavy atom. The molecule has 1 aliphatic carbocycles. The first-order chi connectivity index (χ1) is 17.4. The number of carbonyl (C=O) groups excluding carboxylic acids is 1. The van der Waals surface area contributed by atoms with E-state index in [-0.39, 0.29) is 23.8 Å². The molecule has 36 heavy (non-hydrogen) atoms. The van der Waals surface area contributed by atoms with Crippen LogP contribution >= 0.6 is 0 Å². The van der Waals surface area contributed by atoms with Crippen LogP contribution in [0.15, 0.2) is 24.5 Å². The van der Waals surface area contributed by atoms with E-state index in [0.29, 0.717) is 24.6 Å². The van der Waals surface area contributed by atoms with Gasteiger partial charge in [0, 0.05) is 55.7 Å². The van der Waals surface area contributed by atoms with Gasteiger partial charge in [0.2, 0.25) is 11.9 Å². The summed E-state index contributed by atoms with van der Waals surface area (Å²) in [7, 11) is 3.94. The molecule has 0 unspecified atom stereocenters. The number of fused-ring (bicyclic) bond motifs is 1. The van der Waals surface area contributed by atoms with Crippen molar-refractivity contribution in [2.24, 2.45) is 5.92 Å². The van der Waals surface area contributed by atoms with Crippen LogP contribution in [0.1, 0.15) is 67.5 Å². The van der Waals surface area contributed by atoms with Crippen LogP contribution < -0.4 is 5.32 Å². The average molecular weight is 493 g/mol. The fourth-order valence-corrected chi connectivity index (χ4v) is 6.15. The number of ether oxygens (including phenoxy) is 1. The highest BCUT2D eigenvalue weighted by Gasteiger charge is 2.39. The normalized spacial score (nSPS) is 29.0. The Morgan fingerprint density at radius 3 is 2.64 bits per heavy atom. The number of aromatic nitrogens is 3. The van der Waals surface area contributed by atoms with Gasteiger partial charge in [-0.2, -0.15) is 0 Å². The van der Waals surface area contributed by atoms with Gasteiger partial charge in [-0.25, -0.2) is 9.97 Å². The Balaban J connectivity index is 1.31. The predicted octanol–water partition coefficient (Wildman–Crippen LogP) is 3.56. The van der Waals surface area contributed by atoms with Gasteiger partial charge in [0.1, 0.15) is 0 Å². The molecule has 2 fully saturated rings. The summed E-state index contributed by atoms with van der Waals surface area (Å²) < 4.78 is 5.50. The minimum atomic E-state index is -0.0369. The van der Waals surface area contributed by atoms with E-state index in [1.54, 1.807) is 7.11 Å². The average Bonchev–Trinajstić information content (AvgIpc) is 2.89. The second-order valence-electron chi connectivity index (χ2n) is 11.0. The number of amides is 1. The van der Waals surface area contributed by atoms with E-state index in [2.05, 4.69) is 51.2 Å². The summed E-state index contributed by atoms with van der Waals surface area (Å²) in [5.74, 6) is 1.05. The molecule has 1 amide bonds. The summed E-state index contributed by atoms with van der Waals surface area (Å²) in [5, 5.41) is 3.54. The molecule has 8 heteroatoms. The summed E-state index contributed by atoms with van der Waals surface area (Å²) >= 11 is 0. The number of aryl methyl sites for hydroxylation is 1. The van der Waals surface area contributed by atoms with Gasteiger partial charge in [-0.3, -0.25) is 9.78 Å². The van der Waals surface area contributed by atoms with Gasteiger partial charge in [0.25, 0.3) is 0 Å². The van der Waals surface area contributed by atoms with Gasteiger partial charge < -0.3 is 19.9 Å². The molecule has 1 saturated heterocycles. The van der Waals surface area contributed by atoms with E-state index in [0.717, 1.165) is 74.1 Å². The van der Waals surface area contributed by atoms with Crippen LogP contribution in [0.5, 0.6) is 0 Å². The van der Waals surface area contributed by atoms with Gasteiger partial charge in [-0.1, -0.05) is 6.07 Å². The van der Waals surface area contributed by atoms with Crippen molar-refractivity contribution in [2.45, 2.75) is 83.0 Å². The molecule has 3 atom stereocenters. The highest BCUT2D eigenvalue weighted by molar-refractivity contribution is 5.80. The first kappa shape index (κ1) is 25.1. The fraction of sp³-hybridized carbons (Fsp3) is 0.643.